The molecule has 0 atom stereocenters. The van der Waals surface area contributed by atoms with E-state index in [0.717, 1.165) is 4.90 Å². The molecule has 0 saturated heterocycles. The highest BCUT2D eigenvalue weighted by molar-refractivity contribution is 5.80. The SMILES string of the molecule is CC(C)(C)N(CC(=O)O)C(=O)NCCC(F)(F)F. The lowest BCUT2D eigenvalue weighted by molar-refractivity contribution is -0.139. The summed E-state index contributed by atoms with van der Waals surface area (Å²) in [6.45, 7) is 3.65. The van der Waals surface area contributed by atoms with Gasteiger partial charge in [-0.3, -0.25) is 4.79 Å². The molecule has 0 aliphatic rings. The summed E-state index contributed by atoms with van der Waals surface area (Å²) in [5.41, 5.74) is -0.791. The monoisotopic (exact) mass is 270 g/mol. The van der Waals surface area contributed by atoms with E-state index in [1.807, 2.05) is 0 Å². The first-order valence-electron chi connectivity index (χ1n) is 5.27. The molecule has 0 heterocycles. The van der Waals surface area contributed by atoms with Gasteiger partial charge in [0, 0.05) is 12.1 Å². The summed E-state index contributed by atoms with van der Waals surface area (Å²) >= 11 is 0. The number of aliphatic carboxylic acids is 1. The largest absolute Gasteiger partial charge is 0.480 e. The first-order chi connectivity index (χ1) is 7.93. The van der Waals surface area contributed by atoms with Gasteiger partial charge in [-0.15, -0.1) is 0 Å². The molecule has 5 nitrogen and oxygen atoms in total. The molecule has 18 heavy (non-hydrogen) atoms. The van der Waals surface area contributed by atoms with Crippen molar-refractivity contribution in [1.82, 2.24) is 10.2 Å². The van der Waals surface area contributed by atoms with Crippen molar-refractivity contribution < 1.29 is 27.9 Å². The fourth-order valence-corrected chi connectivity index (χ4v) is 1.16. The molecular formula is C10H17F3N2O3. The summed E-state index contributed by atoms with van der Waals surface area (Å²) in [4.78, 5) is 23.2. The second-order valence-electron chi connectivity index (χ2n) is 4.75. The van der Waals surface area contributed by atoms with Gasteiger partial charge in [-0.2, -0.15) is 13.2 Å². The number of carbonyl (C=O) groups is 2. The number of amides is 2. The van der Waals surface area contributed by atoms with Crippen LogP contribution < -0.4 is 5.32 Å². The molecule has 0 bridgehead atoms. The van der Waals surface area contributed by atoms with Crippen LogP contribution in [0.4, 0.5) is 18.0 Å². The van der Waals surface area contributed by atoms with E-state index in [2.05, 4.69) is 5.32 Å². The molecule has 0 aromatic rings. The molecule has 0 aromatic carbocycles. The lowest BCUT2D eigenvalue weighted by atomic mass is 10.1. The number of carboxylic acid groups (broad SMARTS) is 1. The molecule has 0 saturated carbocycles. The molecule has 0 radical (unpaired) electrons. The number of nitrogens with one attached hydrogen (secondary N) is 1. The van der Waals surface area contributed by atoms with Crippen molar-refractivity contribution in [2.75, 3.05) is 13.1 Å². The smallest absolute Gasteiger partial charge is 0.390 e. The normalized spacial score (nSPS) is 12.1. The van der Waals surface area contributed by atoms with Crippen molar-refractivity contribution >= 4 is 12.0 Å². The molecule has 0 rings (SSSR count). The van der Waals surface area contributed by atoms with Crippen LogP contribution in [-0.2, 0) is 4.79 Å². The van der Waals surface area contributed by atoms with Gasteiger partial charge >= 0.3 is 18.2 Å². The number of hydrogen-bond acceptors (Lipinski definition) is 2. The average Bonchev–Trinajstić information content (AvgIpc) is 2.09. The second-order valence-corrected chi connectivity index (χ2v) is 4.75. The molecule has 0 aromatic heterocycles. The molecule has 2 N–H and O–H groups in total. The van der Waals surface area contributed by atoms with E-state index >= 15 is 0 Å². The minimum absolute atomic E-state index is 0.568. The van der Waals surface area contributed by atoms with Crippen LogP contribution in [-0.4, -0.2) is 46.8 Å². The summed E-state index contributed by atoms with van der Waals surface area (Å²) < 4.78 is 35.7. The lowest BCUT2D eigenvalue weighted by Gasteiger charge is -2.34. The van der Waals surface area contributed by atoms with Gasteiger partial charge in [0.15, 0.2) is 0 Å². The molecule has 2 amide bonds. The van der Waals surface area contributed by atoms with Crippen molar-refractivity contribution in [2.24, 2.45) is 0 Å². The van der Waals surface area contributed by atoms with Gasteiger partial charge in [0.05, 0.1) is 6.42 Å². The molecule has 8 heteroatoms. The maximum atomic E-state index is 11.9. The zero-order valence-corrected chi connectivity index (χ0v) is 10.5. The zero-order valence-electron chi connectivity index (χ0n) is 10.5. The highest BCUT2D eigenvalue weighted by atomic mass is 19.4. The third-order valence-corrected chi connectivity index (χ3v) is 2.03. The Bertz CT molecular complexity index is 310. The number of carboxylic acids is 1. The van der Waals surface area contributed by atoms with Crippen LogP contribution in [0.1, 0.15) is 27.2 Å². The summed E-state index contributed by atoms with van der Waals surface area (Å²) in [6.07, 6.45) is -5.50. The Hall–Kier alpha value is -1.47. The molecule has 0 unspecified atom stereocenters. The van der Waals surface area contributed by atoms with Gasteiger partial charge in [0.2, 0.25) is 0 Å². The molecule has 0 aliphatic carbocycles. The molecule has 106 valence electrons. The van der Waals surface area contributed by atoms with Gasteiger partial charge < -0.3 is 15.3 Å². The van der Waals surface area contributed by atoms with Crippen molar-refractivity contribution in [3.05, 3.63) is 0 Å². The first kappa shape index (κ1) is 16.5. The number of halogens is 3. The predicted octanol–water partition coefficient (Wildman–Crippen LogP) is 1.83. The van der Waals surface area contributed by atoms with Crippen molar-refractivity contribution in [2.45, 2.75) is 38.9 Å². The Kier molecular flexibility index (Phi) is 5.44. The third kappa shape index (κ3) is 6.97. The molecule has 0 spiro atoms. The second kappa shape index (κ2) is 5.92. The Morgan fingerprint density at radius 2 is 1.72 bits per heavy atom. The van der Waals surface area contributed by atoms with Gasteiger partial charge in [0.25, 0.3) is 0 Å². The number of nitrogens with zero attached hydrogens (tertiary/aromatic N) is 1. The van der Waals surface area contributed by atoms with Crippen molar-refractivity contribution in [3.8, 4) is 0 Å². The van der Waals surface area contributed by atoms with Crippen LogP contribution in [0, 0.1) is 0 Å². The van der Waals surface area contributed by atoms with E-state index in [1.165, 1.54) is 0 Å². The molecular weight excluding hydrogens is 253 g/mol. The number of alkyl halides is 3. The maximum Gasteiger partial charge on any atom is 0.390 e. The fourth-order valence-electron chi connectivity index (χ4n) is 1.16. The van der Waals surface area contributed by atoms with E-state index in [1.54, 1.807) is 20.8 Å². The minimum atomic E-state index is -4.35. The van der Waals surface area contributed by atoms with E-state index in [0.29, 0.717) is 0 Å². The summed E-state index contributed by atoms with van der Waals surface area (Å²) in [7, 11) is 0. The Labute approximate surface area is 103 Å². The lowest BCUT2D eigenvalue weighted by Crippen LogP contribution is -2.52. The predicted molar refractivity (Wildman–Crippen MR) is 58.2 cm³/mol. The van der Waals surface area contributed by atoms with Crippen molar-refractivity contribution in [3.63, 3.8) is 0 Å². The average molecular weight is 270 g/mol. The quantitative estimate of drug-likeness (QED) is 0.818. The van der Waals surface area contributed by atoms with E-state index in [9.17, 15) is 22.8 Å². The van der Waals surface area contributed by atoms with Crippen LogP contribution in [0.15, 0.2) is 0 Å². The topological polar surface area (TPSA) is 69.6 Å². The Balaban J connectivity index is 4.45. The first-order valence-corrected chi connectivity index (χ1v) is 5.27. The summed E-state index contributed by atoms with van der Waals surface area (Å²) in [5, 5.41) is 10.7. The van der Waals surface area contributed by atoms with Gasteiger partial charge in [0.1, 0.15) is 6.54 Å². The number of urea groups is 1. The van der Waals surface area contributed by atoms with Crippen LogP contribution in [0.5, 0.6) is 0 Å². The van der Waals surface area contributed by atoms with E-state index in [-0.39, 0.29) is 0 Å². The molecule has 0 aliphatic heterocycles. The van der Waals surface area contributed by atoms with Crippen molar-refractivity contribution in [1.29, 1.82) is 0 Å². The standard InChI is InChI=1S/C10H17F3N2O3/c1-9(2,3)15(6-7(16)17)8(18)14-5-4-10(11,12)13/h4-6H2,1-3H3,(H,14,18)(H,16,17). The molecule has 0 fully saturated rings. The Morgan fingerprint density at radius 3 is 2.06 bits per heavy atom. The van der Waals surface area contributed by atoms with Crippen LogP contribution in [0.3, 0.4) is 0 Å². The van der Waals surface area contributed by atoms with Crippen LogP contribution >= 0.6 is 0 Å². The van der Waals surface area contributed by atoms with Gasteiger partial charge in [-0.25, -0.2) is 4.79 Å². The highest BCUT2D eigenvalue weighted by Gasteiger charge is 2.30. The maximum absolute atomic E-state index is 11.9. The summed E-state index contributed by atoms with van der Waals surface area (Å²) in [6, 6.07) is -0.825. The fraction of sp³-hybridized carbons (Fsp3) is 0.800. The number of rotatable bonds is 4. The van der Waals surface area contributed by atoms with E-state index in [4.69, 9.17) is 5.11 Å². The Morgan fingerprint density at radius 1 is 1.22 bits per heavy atom. The number of hydrogen-bond donors (Lipinski definition) is 2. The third-order valence-electron chi connectivity index (χ3n) is 2.03. The summed E-state index contributed by atoms with van der Waals surface area (Å²) in [5.74, 6) is -1.23. The minimum Gasteiger partial charge on any atom is -0.480 e. The highest BCUT2D eigenvalue weighted by Crippen LogP contribution is 2.18. The van der Waals surface area contributed by atoms with Crippen LogP contribution in [0.25, 0.3) is 0 Å². The van der Waals surface area contributed by atoms with Crippen LogP contribution in [0.2, 0.25) is 0 Å². The van der Waals surface area contributed by atoms with Gasteiger partial charge in [-0.05, 0) is 20.8 Å². The number of carbonyl (C=O) groups excluding carboxylic acids is 1. The van der Waals surface area contributed by atoms with E-state index < -0.39 is 43.2 Å². The van der Waals surface area contributed by atoms with Gasteiger partial charge in [-0.1, -0.05) is 0 Å². The zero-order chi connectivity index (χ0) is 14.6.